The van der Waals surface area contributed by atoms with Crippen LogP contribution in [0.4, 0.5) is 4.79 Å². The minimum absolute atomic E-state index is 0.00443. The van der Waals surface area contributed by atoms with Crippen LogP contribution in [-0.4, -0.2) is 88.7 Å². The molecule has 0 bridgehead atoms. The van der Waals surface area contributed by atoms with Gasteiger partial charge in [0.2, 0.25) is 11.8 Å². The van der Waals surface area contributed by atoms with Crippen LogP contribution in [0.3, 0.4) is 0 Å². The number of rotatable bonds is 16. The Labute approximate surface area is 374 Å². The second-order valence-corrected chi connectivity index (χ2v) is 17.0. The Morgan fingerprint density at radius 3 is 1.91 bits per heavy atom. The van der Waals surface area contributed by atoms with Crippen molar-refractivity contribution in [1.29, 1.82) is 0 Å². The Morgan fingerprint density at radius 2 is 1.27 bits per heavy atom. The molecule has 0 aliphatic carbocycles. The number of amides is 3. The van der Waals surface area contributed by atoms with Gasteiger partial charge in [-0.25, -0.2) is 9.78 Å². The number of aromatic nitrogens is 2. The van der Waals surface area contributed by atoms with Crippen LogP contribution in [0, 0.1) is 5.92 Å². The van der Waals surface area contributed by atoms with Gasteiger partial charge in [-0.05, 0) is 83.4 Å². The summed E-state index contributed by atoms with van der Waals surface area (Å²) < 4.78 is 9.83. The van der Waals surface area contributed by atoms with Crippen molar-refractivity contribution in [2.75, 3.05) is 27.3 Å². The average Bonchev–Trinajstić information content (AvgIpc) is 4.17. The lowest BCUT2D eigenvalue weighted by molar-refractivity contribution is -0.142. The van der Waals surface area contributed by atoms with Crippen molar-refractivity contribution in [3.05, 3.63) is 144 Å². The van der Waals surface area contributed by atoms with Gasteiger partial charge in [-0.2, -0.15) is 0 Å². The number of benzene rings is 4. The van der Waals surface area contributed by atoms with E-state index in [1.54, 1.807) is 0 Å². The van der Waals surface area contributed by atoms with Crippen LogP contribution in [-0.2, 0) is 36.7 Å². The summed E-state index contributed by atoms with van der Waals surface area (Å²) in [6.45, 7) is 1.32. The molecule has 64 heavy (non-hydrogen) atoms. The maximum Gasteiger partial charge on any atom is 0.407 e. The number of imidazole rings is 1. The molecule has 2 saturated heterocycles. The number of hydrogen-bond donors (Lipinski definition) is 2. The molecule has 0 unspecified atom stereocenters. The average molecular weight is 861 g/mol. The van der Waals surface area contributed by atoms with Gasteiger partial charge in [0.1, 0.15) is 5.82 Å². The Bertz CT molecular complexity index is 2470. The summed E-state index contributed by atoms with van der Waals surface area (Å²) in [5.74, 6) is 0.340. The van der Waals surface area contributed by atoms with E-state index in [4.69, 9.17) is 19.5 Å². The second kappa shape index (κ2) is 20.6. The van der Waals surface area contributed by atoms with Gasteiger partial charge in [-0.15, -0.1) is 0 Å². The fourth-order valence-electron chi connectivity index (χ4n) is 9.43. The van der Waals surface area contributed by atoms with Gasteiger partial charge in [-0.3, -0.25) is 19.4 Å². The standard InChI is InChI=1S/C52H56N6O6/c1-63-50(61)30-37(27-35-11-5-3-6-12-35)29-48(59)58-26-10-16-47(58)51-54-34-45(56-51)41-23-21-39(22-24-41)38-17-19-40(20-18-38)42-31-44(53-33-42)46-15-9-25-57(46)49(60)32-43(55-52(62)64-2)28-36-13-7-4-8-14-36/h3-8,11-14,17-24,33-34,37,43,46-47H,9-10,15-16,25-32H2,1-2H3,(H,54,56)(H,55,62)/t37-,43-,46+,47+/m1/s1. The number of esters is 1. The minimum atomic E-state index is -0.546. The van der Waals surface area contributed by atoms with Crippen molar-refractivity contribution in [3.8, 4) is 22.4 Å². The highest BCUT2D eigenvalue weighted by Crippen LogP contribution is 2.35. The number of carbonyl (C=O) groups is 4. The van der Waals surface area contributed by atoms with Gasteiger partial charge in [0.25, 0.3) is 0 Å². The van der Waals surface area contributed by atoms with Gasteiger partial charge >= 0.3 is 12.1 Å². The normalized spacial score (nSPS) is 18.0. The third-order valence-corrected chi connectivity index (χ3v) is 12.8. The molecule has 0 radical (unpaired) electrons. The van der Waals surface area contributed by atoms with E-state index in [1.807, 2.05) is 82.9 Å². The Kier molecular flexibility index (Phi) is 14.1. The molecule has 4 atom stereocenters. The van der Waals surface area contributed by atoms with E-state index in [2.05, 4.69) is 58.8 Å². The van der Waals surface area contributed by atoms with Crippen LogP contribution >= 0.6 is 0 Å². The quantitative estimate of drug-likeness (QED) is 0.0944. The van der Waals surface area contributed by atoms with E-state index in [0.29, 0.717) is 32.4 Å². The molecule has 330 valence electrons. The number of aliphatic imine (C=N–C) groups is 1. The van der Waals surface area contributed by atoms with Crippen molar-refractivity contribution in [3.63, 3.8) is 0 Å². The summed E-state index contributed by atoms with van der Waals surface area (Å²) in [5, 5.41) is 2.86. The summed E-state index contributed by atoms with van der Waals surface area (Å²) in [6.07, 6.45) is 9.19. The number of nitrogens with zero attached hydrogens (tertiary/aromatic N) is 4. The highest BCUT2D eigenvalue weighted by molar-refractivity contribution is 6.03. The monoisotopic (exact) mass is 860 g/mol. The number of nitrogens with one attached hydrogen (secondary N) is 2. The third-order valence-electron chi connectivity index (χ3n) is 12.8. The fourth-order valence-corrected chi connectivity index (χ4v) is 9.43. The predicted octanol–water partition coefficient (Wildman–Crippen LogP) is 8.75. The zero-order chi connectivity index (χ0) is 44.4. The van der Waals surface area contributed by atoms with E-state index >= 15 is 0 Å². The van der Waals surface area contributed by atoms with Crippen molar-refractivity contribution in [1.82, 2.24) is 25.1 Å². The number of methoxy groups -OCH3 is 2. The Balaban J connectivity index is 0.856. The molecular weight excluding hydrogens is 805 g/mol. The number of aromatic amines is 1. The second-order valence-electron chi connectivity index (χ2n) is 17.0. The molecule has 12 nitrogen and oxygen atoms in total. The van der Waals surface area contributed by atoms with Crippen LogP contribution in [0.1, 0.15) is 79.9 Å². The molecule has 3 amide bonds. The van der Waals surface area contributed by atoms with E-state index in [-0.39, 0.29) is 61.1 Å². The third kappa shape index (κ3) is 10.7. The number of ether oxygens (including phenoxy) is 2. The van der Waals surface area contributed by atoms with Gasteiger partial charge < -0.3 is 29.6 Å². The molecule has 8 rings (SSSR count). The summed E-state index contributed by atoms with van der Waals surface area (Å²) in [6, 6.07) is 36.1. The van der Waals surface area contributed by atoms with Gasteiger partial charge in [0.15, 0.2) is 0 Å². The zero-order valence-corrected chi connectivity index (χ0v) is 36.6. The topological polar surface area (TPSA) is 146 Å². The fraction of sp³-hybridized carbons (Fsp3) is 0.346. The molecule has 1 aromatic heterocycles. The summed E-state index contributed by atoms with van der Waals surface area (Å²) in [7, 11) is 2.72. The van der Waals surface area contributed by atoms with E-state index in [9.17, 15) is 19.2 Å². The van der Waals surface area contributed by atoms with Gasteiger partial charge in [0, 0.05) is 56.7 Å². The molecule has 4 aromatic carbocycles. The number of likely N-dealkylation sites (tertiary alicyclic amines) is 2. The molecule has 3 aliphatic rings. The first-order chi connectivity index (χ1) is 31.2. The van der Waals surface area contributed by atoms with E-state index in [1.165, 1.54) is 14.2 Å². The zero-order valence-electron chi connectivity index (χ0n) is 36.6. The van der Waals surface area contributed by atoms with Crippen LogP contribution in [0.15, 0.2) is 127 Å². The molecule has 3 aliphatic heterocycles. The van der Waals surface area contributed by atoms with Crippen molar-refractivity contribution in [2.24, 2.45) is 10.9 Å². The lowest BCUT2D eigenvalue weighted by Gasteiger charge is -2.27. The lowest BCUT2D eigenvalue weighted by atomic mass is 9.92. The Hall–Kier alpha value is -6.82. The number of alkyl carbamates (subject to hydrolysis) is 1. The van der Waals surface area contributed by atoms with E-state index in [0.717, 1.165) is 81.9 Å². The number of allylic oxidation sites excluding steroid dienone is 1. The molecule has 2 fully saturated rings. The summed E-state index contributed by atoms with van der Waals surface area (Å²) >= 11 is 0. The first kappa shape index (κ1) is 43.8. The number of carbonyl (C=O) groups excluding carboxylic acids is 4. The molecule has 0 saturated carbocycles. The van der Waals surface area contributed by atoms with Gasteiger partial charge in [0.05, 0.1) is 38.2 Å². The first-order valence-corrected chi connectivity index (χ1v) is 22.3. The van der Waals surface area contributed by atoms with Crippen molar-refractivity contribution < 1.29 is 28.7 Å². The molecule has 0 spiro atoms. The predicted molar refractivity (Wildman–Crippen MR) is 247 cm³/mol. The summed E-state index contributed by atoms with van der Waals surface area (Å²) in [5.41, 5.74) is 9.42. The maximum atomic E-state index is 13.8. The first-order valence-electron chi connectivity index (χ1n) is 22.3. The van der Waals surface area contributed by atoms with Crippen molar-refractivity contribution >= 4 is 35.2 Å². The number of hydrogen-bond acceptors (Lipinski definition) is 8. The highest BCUT2D eigenvalue weighted by Gasteiger charge is 2.36. The van der Waals surface area contributed by atoms with Crippen LogP contribution < -0.4 is 5.32 Å². The highest BCUT2D eigenvalue weighted by atomic mass is 16.5. The Morgan fingerprint density at radius 1 is 0.688 bits per heavy atom. The largest absolute Gasteiger partial charge is 0.469 e. The van der Waals surface area contributed by atoms with Gasteiger partial charge in [-0.1, -0.05) is 109 Å². The number of H-pyrrole nitrogens is 1. The minimum Gasteiger partial charge on any atom is -0.469 e. The molecule has 4 heterocycles. The summed E-state index contributed by atoms with van der Waals surface area (Å²) in [4.78, 5) is 68.9. The smallest absolute Gasteiger partial charge is 0.407 e. The van der Waals surface area contributed by atoms with Crippen LogP contribution in [0.25, 0.3) is 28.0 Å². The van der Waals surface area contributed by atoms with Crippen molar-refractivity contribution in [2.45, 2.75) is 82.3 Å². The molecular formula is C52H56N6O6. The van der Waals surface area contributed by atoms with E-state index < -0.39 is 6.09 Å². The molecule has 5 aromatic rings. The maximum absolute atomic E-state index is 13.8. The molecule has 2 N–H and O–H groups in total. The SMILES string of the molecule is COC(=O)C[C@@H](CC(=O)N1CCC[C@H]1c1ncc(-c2ccc(-c3ccc(C4=CN=C([C@@H]5CCCN5C(=O)C[C@@H](Cc5ccccc5)NC(=O)OC)C4)cc3)cc2)[nH]1)Cc1ccccc1. The molecule has 12 heteroatoms. The lowest BCUT2D eigenvalue weighted by Crippen LogP contribution is -2.45. The van der Waals surface area contributed by atoms with Crippen LogP contribution in [0.2, 0.25) is 0 Å². The van der Waals surface area contributed by atoms with Crippen LogP contribution in [0.5, 0.6) is 0 Å².